The summed E-state index contributed by atoms with van der Waals surface area (Å²) in [5.41, 5.74) is 0.0959. The average molecular weight is 260 g/mol. The number of aromatic nitrogens is 1. The fraction of sp³-hybridized carbons (Fsp3) is 0. The van der Waals surface area contributed by atoms with E-state index in [4.69, 9.17) is 23.2 Å². The molecule has 0 spiro atoms. The van der Waals surface area contributed by atoms with Crippen molar-refractivity contribution in [2.45, 2.75) is 0 Å². The number of rotatable bonds is 1. The quantitative estimate of drug-likeness (QED) is 0.695. The minimum Gasteiger partial charge on any atom is -0.228 e. The van der Waals surface area contributed by atoms with E-state index in [9.17, 15) is 8.78 Å². The fourth-order valence-corrected chi connectivity index (χ4v) is 1.62. The van der Waals surface area contributed by atoms with E-state index in [1.807, 2.05) is 0 Å². The fourth-order valence-electron chi connectivity index (χ4n) is 1.32. The molecule has 0 aliphatic rings. The first-order chi connectivity index (χ1) is 7.59. The van der Waals surface area contributed by atoms with Gasteiger partial charge in [0.2, 0.25) is 5.95 Å². The summed E-state index contributed by atoms with van der Waals surface area (Å²) < 4.78 is 26.8. The summed E-state index contributed by atoms with van der Waals surface area (Å²) >= 11 is 11.5. The van der Waals surface area contributed by atoms with E-state index in [0.717, 1.165) is 12.3 Å². The summed E-state index contributed by atoms with van der Waals surface area (Å²) in [7, 11) is 0. The lowest BCUT2D eigenvalue weighted by molar-refractivity contribution is 0.558. The first-order valence-electron chi connectivity index (χ1n) is 4.35. The van der Waals surface area contributed by atoms with Gasteiger partial charge in [-0.3, -0.25) is 0 Å². The van der Waals surface area contributed by atoms with Gasteiger partial charge in [0.1, 0.15) is 5.82 Å². The third-order valence-electron chi connectivity index (χ3n) is 2.06. The highest BCUT2D eigenvalue weighted by Crippen LogP contribution is 2.30. The Bertz CT molecular complexity index is 523. The van der Waals surface area contributed by atoms with Crippen molar-refractivity contribution in [1.82, 2.24) is 4.98 Å². The summed E-state index contributed by atoms with van der Waals surface area (Å²) in [6.07, 6.45) is 1.06. The lowest BCUT2D eigenvalue weighted by Crippen LogP contribution is -1.92. The Morgan fingerprint density at radius 3 is 2.38 bits per heavy atom. The number of pyridine rings is 1. The molecule has 1 aromatic heterocycles. The molecule has 0 radical (unpaired) electrons. The Hall–Kier alpha value is -1.19. The molecule has 0 saturated heterocycles. The van der Waals surface area contributed by atoms with E-state index < -0.39 is 11.8 Å². The zero-order valence-electron chi connectivity index (χ0n) is 7.85. The van der Waals surface area contributed by atoms with Crippen LogP contribution in [-0.4, -0.2) is 4.98 Å². The highest BCUT2D eigenvalue weighted by atomic mass is 35.5. The first kappa shape index (κ1) is 11.3. The molecule has 0 atom stereocenters. The second-order valence-corrected chi connectivity index (χ2v) is 3.90. The predicted molar refractivity (Wildman–Crippen MR) is 59.6 cm³/mol. The summed E-state index contributed by atoms with van der Waals surface area (Å²) in [4.78, 5) is 3.39. The first-order valence-corrected chi connectivity index (χ1v) is 5.10. The van der Waals surface area contributed by atoms with Gasteiger partial charge in [0.15, 0.2) is 0 Å². The molecule has 16 heavy (non-hydrogen) atoms. The molecule has 82 valence electrons. The maximum atomic E-state index is 13.4. The number of benzene rings is 1. The minimum atomic E-state index is -0.876. The SMILES string of the molecule is Fc1ccnc(F)c1-c1ccc(Cl)c(Cl)c1. The number of halogens is 4. The van der Waals surface area contributed by atoms with Crippen molar-refractivity contribution in [3.63, 3.8) is 0 Å². The molecule has 2 rings (SSSR count). The summed E-state index contributed by atoms with van der Waals surface area (Å²) in [5, 5.41) is 0.567. The average Bonchev–Trinajstić information content (AvgIpc) is 2.23. The summed E-state index contributed by atoms with van der Waals surface area (Å²) in [5.74, 6) is -1.57. The van der Waals surface area contributed by atoms with Crippen LogP contribution in [0.15, 0.2) is 30.5 Å². The molecule has 1 aromatic carbocycles. The van der Waals surface area contributed by atoms with Gasteiger partial charge in [-0.1, -0.05) is 29.3 Å². The highest BCUT2D eigenvalue weighted by Gasteiger charge is 2.13. The Morgan fingerprint density at radius 1 is 1.00 bits per heavy atom. The van der Waals surface area contributed by atoms with Crippen LogP contribution >= 0.6 is 23.2 Å². The number of nitrogens with zero attached hydrogens (tertiary/aromatic N) is 1. The highest BCUT2D eigenvalue weighted by molar-refractivity contribution is 6.42. The normalized spacial score (nSPS) is 10.5. The van der Waals surface area contributed by atoms with E-state index in [-0.39, 0.29) is 10.6 Å². The van der Waals surface area contributed by atoms with Gasteiger partial charge in [-0.2, -0.15) is 4.39 Å². The topological polar surface area (TPSA) is 12.9 Å². The van der Waals surface area contributed by atoms with Crippen molar-refractivity contribution in [1.29, 1.82) is 0 Å². The van der Waals surface area contributed by atoms with Crippen molar-refractivity contribution >= 4 is 23.2 Å². The molecule has 0 aliphatic carbocycles. The summed E-state index contributed by atoms with van der Waals surface area (Å²) in [6.45, 7) is 0. The van der Waals surface area contributed by atoms with Crippen LogP contribution in [0, 0.1) is 11.8 Å². The number of hydrogen-bond donors (Lipinski definition) is 0. The van der Waals surface area contributed by atoms with Gasteiger partial charge in [0, 0.05) is 6.20 Å². The van der Waals surface area contributed by atoms with Crippen molar-refractivity contribution in [2.24, 2.45) is 0 Å². The van der Waals surface area contributed by atoms with Crippen molar-refractivity contribution in [2.75, 3.05) is 0 Å². The Balaban J connectivity index is 2.63. The zero-order valence-corrected chi connectivity index (χ0v) is 9.36. The Labute approximate surface area is 101 Å². The second-order valence-electron chi connectivity index (χ2n) is 3.09. The van der Waals surface area contributed by atoms with Gasteiger partial charge in [-0.15, -0.1) is 0 Å². The molecule has 1 heterocycles. The van der Waals surface area contributed by atoms with Gasteiger partial charge in [0.05, 0.1) is 15.6 Å². The Morgan fingerprint density at radius 2 is 1.75 bits per heavy atom. The number of hydrogen-bond acceptors (Lipinski definition) is 1. The van der Waals surface area contributed by atoms with Crippen molar-refractivity contribution in [3.8, 4) is 11.1 Å². The molecule has 5 heteroatoms. The van der Waals surface area contributed by atoms with Crippen LogP contribution in [0.2, 0.25) is 10.0 Å². The van der Waals surface area contributed by atoms with Gasteiger partial charge in [-0.25, -0.2) is 9.37 Å². The maximum absolute atomic E-state index is 13.4. The van der Waals surface area contributed by atoms with Crippen LogP contribution in [0.25, 0.3) is 11.1 Å². The zero-order chi connectivity index (χ0) is 11.7. The van der Waals surface area contributed by atoms with Crippen LogP contribution in [0.4, 0.5) is 8.78 Å². The molecule has 1 nitrogen and oxygen atoms in total. The van der Waals surface area contributed by atoms with Crippen LogP contribution in [0.1, 0.15) is 0 Å². The molecule has 0 bridgehead atoms. The van der Waals surface area contributed by atoms with Gasteiger partial charge >= 0.3 is 0 Å². The molecule has 2 aromatic rings. The smallest absolute Gasteiger partial charge is 0.223 e. The standard InChI is InChI=1S/C11H5Cl2F2N/c12-7-2-1-6(5-8(7)13)10-9(14)3-4-16-11(10)15/h1-5H. The molecule has 0 saturated carbocycles. The molecular weight excluding hydrogens is 255 g/mol. The van der Waals surface area contributed by atoms with E-state index >= 15 is 0 Å². The monoisotopic (exact) mass is 259 g/mol. The molecule has 0 aliphatic heterocycles. The largest absolute Gasteiger partial charge is 0.228 e. The second kappa shape index (κ2) is 4.36. The lowest BCUT2D eigenvalue weighted by atomic mass is 10.1. The predicted octanol–water partition coefficient (Wildman–Crippen LogP) is 4.33. The van der Waals surface area contributed by atoms with Gasteiger partial charge in [-0.05, 0) is 23.8 Å². The van der Waals surface area contributed by atoms with Crippen LogP contribution in [0.5, 0.6) is 0 Å². The Kier molecular flexibility index (Phi) is 3.08. The van der Waals surface area contributed by atoms with Gasteiger partial charge in [0.25, 0.3) is 0 Å². The van der Waals surface area contributed by atoms with Crippen LogP contribution in [0.3, 0.4) is 0 Å². The third-order valence-corrected chi connectivity index (χ3v) is 2.80. The minimum absolute atomic E-state index is 0.207. The van der Waals surface area contributed by atoms with Gasteiger partial charge < -0.3 is 0 Å². The molecule has 0 fully saturated rings. The maximum Gasteiger partial charge on any atom is 0.223 e. The lowest BCUT2D eigenvalue weighted by Gasteiger charge is -2.05. The van der Waals surface area contributed by atoms with Crippen molar-refractivity contribution in [3.05, 3.63) is 52.3 Å². The third kappa shape index (κ3) is 2.01. The van der Waals surface area contributed by atoms with E-state index in [2.05, 4.69) is 4.98 Å². The van der Waals surface area contributed by atoms with Crippen LogP contribution in [-0.2, 0) is 0 Å². The molecular formula is C11H5Cl2F2N. The van der Waals surface area contributed by atoms with Crippen molar-refractivity contribution < 1.29 is 8.78 Å². The van der Waals surface area contributed by atoms with E-state index in [1.165, 1.54) is 18.2 Å². The molecule has 0 N–H and O–H groups in total. The molecule has 0 amide bonds. The van der Waals surface area contributed by atoms with E-state index in [1.54, 1.807) is 0 Å². The summed E-state index contributed by atoms with van der Waals surface area (Å²) in [6, 6.07) is 5.44. The van der Waals surface area contributed by atoms with Crippen LogP contribution < -0.4 is 0 Å². The molecule has 0 unspecified atom stereocenters. The van der Waals surface area contributed by atoms with E-state index in [0.29, 0.717) is 10.6 Å².